The fourth-order valence-corrected chi connectivity index (χ4v) is 4.66. The lowest BCUT2D eigenvalue weighted by Gasteiger charge is -2.25. The maximum atomic E-state index is 12.8. The van der Waals surface area contributed by atoms with E-state index in [9.17, 15) is 19.2 Å². The zero-order chi connectivity index (χ0) is 31.2. The number of carbonyl (C=O) groups is 4. The van der Waals surface area contributed by atoms with E-state index in [1.165, 1.54) is 6.07 Å². The van der Waals surface area contributed by atoms with Gasteiger partial charge in [0.1, 0.15) is 24.4 Å². The van der Waals surface area contributed by atoms with Crippen LogP contribution in [0.15, 0.2) is 18.2 Å². The van der Waals surface area contributed by atoms with E-state index < -0.39 is 42.3 Å². The van der Waals surface area contributed by atoms with E-state index in [1.807, 2.05) is 13.8 Å². The molecule has 0 spiro atoms. The summed E-state index contributed by atoms with van der Waals surface area (Å²) in [6, 6.07) is 3.69. The number of benzene rings is 1. The van der Waals surface area contributed by atoms with Crippen molar-refractivity contribution in [1.29, 1.82) is 0 Å². The second kappa shape index (κ2) is 17.7. The second-order valence-electron chi connectivity index (χ2n) is 11.4. The van der Waals surface area contributed by atoms with Gasteiger partial charge in [-0.2, -0.15) is 0 Å². The Hall–Kier alpha value is -3.14. The number of ether oxygens (including phenoxy) is 5. The van der Waals surface area contributed by atoms with Crippen LogP contribution in [-0.2, 0) is 35.0 Å². The summed E-state index contributed by atoms with van der Waals surface area (Å²) in [6.07, 6.45) is 5.44. The Morgan fingerprint density at radius 2 is 1.33 bits per heavy atom. The van der Waals surface area contributed by atoms with Crippen molar-refractivity contribution in [2.75, 3.05) is 0 Å². The normalized spacial score (nSPS) is 17.2. The molecule has 1 saturated carbocycles. The SMILES string of the molecule is CCCC(C)C(=O)Oc1ccc(C[C@H](N)C(=O)O[C@@H](C)[C@H](C)OC(=O)OC2CCCCC2)cc1OC(=O)C(C)CCC. The summed E-state index contributed by atoms with van der Waals surface area (Å²) in [5, 5.41) is 0. The smallest absolute Gasteiger partial charge is 0.458 e. The highest BCUT2D eigenvalue weighted by Crippen LogP contribution is 2.31. The number of hydrogen-bond acceptors (Lipinski definition) is 10. The van der Waals surface area contributed by atoms with Crippen molar-refractivity contribution in [1.82, 2.24) is 0 Å². The molecule has 1 aromatic rings. The van der Waals surface area contributed by atoms with Gasteiger partial charge >= 0.3 is 24.1 Å². The number of nitrogens with two attached hydrogens (primary N) is 1. The molecule has 0 amide bonds. The lowest BCUT2D eigenvalue weighted by atomic mass is 9.98. The average Bonchev–Trinajstić information content (AvgIpc) is 2.94. The van der Waals surface area contributed by atoms with Crippen LogP contribution in [-0.4, -0.2) is 48.4 Å². The second-order valence-corrected chi connectivity index (χ2v) is 11.4. The Labute approximate surface area is 249 Å². The maximum absolute atomic E-state index is 12.8. The standard InChI is InChI=1S/C32H49NO9/c1-7-12-20(3)29(34)41-27-17-16-24(19-28(27)42-30(35)21(4)13-8-2)18-26(33)31(36)38-22(5)23(6)39-32(37)40-25-14-10-9-11-15-25/h16-17,19-23,25-26H,7-15,18,33H2,1-6H3/t20?,21?,22-,23-,26-/m0/s1. The topological polar surface area (TPSA) is 140 Å². The first kappa shape index (κ1) is 35.1. The molecule has 0 heterocycles. The minimum atomic E-state index is -1.05. The molecule has 2 N–H and O–H groups in total. The highest BCUT2D eigenvalue weighted by atomic mass is 16.7. The van der Waals surface area contributed by atoms with E-state index in [0.29, 0.717) is 18.4 Å². The molecule has 0 bridgehead atoms. The summed E-state index contributed by atoms with van der Waals surface area (Å²) >= 11 is 0. The van der Waals surface area contributed by atoms with Crippen LogP contribution in [0.5, 0.6) is 11.5 Å². The Bertz CT molecular complexity index is 1040. The average molecular weight is 592 g/mol. The minimum absolute atomic E-state index is 0.0695. The molecule has 2 rings (SSSR count). The molecule has 0 saturated heterocycles. The third-order valence-electron chi connectivity index (χ3n) is 7.50. The molecule has 10 heteroatoms. The van der Waals surface area contributed by atoms with Gasteiger partial charge in [0.15, 0.2) is 11.5 Å². The molecule has 42 heavy (non-hydrogen) atoms. The third-order valence-corrected chi connectivity index (χ3v) is 7.50. The molecule has 0 radical (unpaired) electrons. The van der Waals surface area contributed by atoms with Crippen LogP contribution in [0.4, 0.5) is 4.79 Å². The fraction of sp³-hybridized carbons (Fsp3) is 0.688. The molecule has 10 nitrogen and oxygen atoms in total. The van der Waals surface area contributed by atoms with Gasteiger partial charge in [0.25, 0.3) is 0 Å². The summed E-state index contributed by atoms with van der Waals surface area (Å²) < 4.78 is 27.4. The fourth-order valence-electron chi connectivity index (χ4n) is 4.66. The number of rotatable bonds is 15. The van der Waals surface area contributed by atoms with E-state index in [4.69, 9.17) is 29.4 Å². The molecule has 2 unspecified atom stereocenters. The van der Waals surface area contributed by atoms with Crippen molar-refractivity contribution >= 4 is 24.1 Å². The summed E-state index contributed by atoms with van der Waals surface area (Å²) in [7, 11) is 0. The van der Waals surface area contributed by atoms with Crippen LogP contribution in [0.1, 0.15) is 105 Å². The molecule has 0 aromatic heterocycles. The molecular weight excluding hydrogens is 542 g/mol. The van der Waals surface area contributed by atoms with E-state index >= 15 is 0 Å². The van der Waals surface area contributed by atoms with E-state index in [-0.39, 0.29) is 35.9 Å². The third kappa shape index (κ3) is 11.6. The molecular formula is C32H49NO9. The van der Waals surface area contributed by atoms with Gasteiger partial charge in [0, 0.05) is 0 Å². The number of hydrogen-bond donors (Lipinski definition) is 1. The van der Waals surface area contributed by atoms with Gasteiger partial charge in [-0.3, -0.25) is 14.4 Å². The van der Waals surface area contributed by atoms with Crippen LogP contribution in [0.25, 0.3) is 0 Å². The van der Waals surface area contributed by atoms with Crippen molar-refractivity contribution in [3.05, 3.63) is 23.8 Å². The molecule has 1 fully saturated rings. The summed E-state index contributed by atoms with van der Waals surface area (Å²) in [6.45, 7) is 10.7. The number of esters is 3. The van der Waals surface area contributed by atoms with Crippen molar-refractivity contribution in [3.63, 3.8) is 0 Å². The Balaban J connectivity index is 2.03. The van der Waals surface area contributed by atoms with Gasteiger partial charge < -0.3 is 29.4 Å². The summed E-state index contributed by atoms with van der Waals surface area (Å²) in [4.78, 5) is 50.2. The van der Waals surface area contributed by atoms with E-state index in [1.54, 1.807) is 39.8 Å². The quantitative estimate of drug-likeness (QED) is 0.189. The first-order chi connectivity index (χ1) is 19.9. The van der Waals surface area contributed by atoms with Crippen LogP contribution in [0, 0.1) is 11.8 Å². The highest BCUT2D eigenvalue weighted by Gasteiger charge is 2.27. The Morgan fingerprint density at radius 3 is 1.90 bits per heavy atom. The predicted octanol–water partition coefficient (Wildman–Crippen LogP) is 6.05. The van der Waals surface area contributed by atoms with Gasteiger partial charge in [-0.15, -0.1) is 0 Å². The van der Waals surface area contributed by atoms with Crippen molar-refractivity contribution < 1.29 is 42.9 Å². The van der Waals surface area contributed by atoms with Crippen LogP contribution in [0.3, 0.4) is 0 Å². The lowest BCUT2D eigenvalue weighted by molar-refractivity contribution is -0.156. The molecule has 5 atom stereocenters. The number of carbonyl (C=O) groups excluding carboxylic acids is 4. The molecule has 0 aliphatic heterocycles. The summed E-state index contributed by atoms with van der Waals surface area (Å²) in [5.74, 6) is -1.99. The van der Waals surface area contributed by atoms with Gasteiger partial charge in [0.05, 0.1) is 11.8 Å². The van der Waals surface area contributed by atoms with Gasteiger partial charge in [-0.05, 0) is 76.5 Å². The van der Waals surface area contributed by atoms with Crippen LogP contribution in [0.2, 0.25) is 0 Å². The van der Waals surface area contributed by atoms with Crippen molar-refractivity contribution in [2.45, 2.75) is 130 Å². The Kier molecular flexibility index (Phi) is 14.8. The van der Waals surface area contributed by atoms with Crippen LogP contribution < -0.4 is 15.2 Å². The van der Waals surface area contributed by atoms with Crippen molar-refractivity contribution in [3.8, 4) is 11.5 Å². The molecule has 1 aromatic carbocycles. The zero-order valence-electron chi connectivity index (χ0n) is 26.0. The minimum Gasteiger partial charge on any atom is -0.458 e. The van der Waals surface area contributed by atoms with E-state index in [0.717, 1.165) is 44.9 Å². The van der Waals surface area contributed by atoms with E-state index in [2.05, 4.69) is 0 Å². The van der Waals surface area contributed by atoms with Gasteiger partial charge in [0.2, 0.25) is 0 Å². The Morgan fingerprint density at radius 1 is 0.786 bits per heavy atom. The predicted molar refractivity (Wildman–Crippen MR) is 157 cm³/mol. The maximum Gasteiger partial charge on any atom is 0.508 e. The van der Waals surface area contributed by atoms with Gasteiger partial charge in [-0.25, -0.2) is 4.79 Å². The largest absolute Gasteiger partial charge is 0.508 e. The first-order valence-electron chi connectivity index (χ1n) is 15.3. The summed E-state index contributed by atoms with van der Waals surface area (Å²) in [5.41, 5.74) is 6.74. The monoisotopic (exact) mass is 591 g/mol. The first-order valence-corrected chi connectivity index (χ1v) is 15.3. The molecule has 1 aliphatic carbocycles. The van der Waals surface area contributed by atoms with Gasteiger partial charge in [-0.1, -0.05) is 53.0 Å². The van der Waals surface area contributed by atoms with Crippen LogP contribution >= 0.6 is 0 Å². The highest BCUT2D eigenvalue weighted by molar-refractivity contribution is 5.79. The zero-order valence-corrected chi connectivity index (χ0v) is 26.0. The molecule has 236 valence electrons. The molecule has 1 aliphatic rings. The van der Waals surface area contributed by atoms with Crippen molar-refractivity contribution in [2.24, 2.45) is 17.6 Å². The lowest BCUT2D eigenvalue weighted by Crippen LogP contribution is -2.39.